The summed E-state index contributed by atoms with van der Waals surface area (Å²) in [4.78, 5) is 34.9. The van der Waals surface area contributed by atoms with Gasteiger partial charge in [0.2, 0.25) is 0 Å². The number of nitrogens with one attached hydrogen (secondary N) is 3. The first-order chi connectivity index (χ1) is 9.41. The minimum absolute atomic E-state index is 0.0473. The molecule has 0 saturated carbocycles. The van der Waals surface area contributed by atoms with E-state index in [1.807, 2.05) is 0 Å². The van der Waals surface area contributed by atoms with Gasteiger partial charge in [0.05, 0.1) is 5.56 Å². The van der Waals surface area contributed by atoms with Gasteiger partial charge in [0.25, 0.3) is 0 Å². The van der Waals surface area contributed by atoms with Crippen molar-refractivity contribution < 1.29 is 19.5 Å². The number of carboxylic acids is 1. The number of carbonyl (C=O) groups excluding carboxylic acids is 2. The standard InChI is InChI=1S/C11H16N4O4S/c1-15(2)11(19)13-5-4-12-10(18)14-8-7(9(16)17)3-6-20-8/h3,6H,4-5H2,1-2H3,(H,13,19)(H,16,17)(H2,12,14,18). The Morgan fingerprint density at radius 1 is 1.25 bits per heavy atom. The first-order valence-corrected chi connectivity index (χ1v) is 6.60. The van der Waals surface area contributed by atoms with Gasteiger partial charge in [-0.25, -0.2) is 14.4 Å². The lowest BCUT2D eigenvalue weighted by molar-refractivity contribution is 0.0698. The van der Waals surface area contributed by atoms with Crippen molar-refractivity contribution >= 4 is 34.4 Å². The third kappa shape index (κ3) is 4.76. The van der Waals surface area contributed by atoms with Crippen LogP contribution in [0.4, 0.5) is 14.6 Å². The first-order valence-electron chi connectivity index (χ1n) is 5.72. The molecule has 20 heavy (non-hydrogen) atoms. The van der Waals surface area contributed by atoms with Crippen molar-refractivity contribution in [1.29, 1.82) is 0 Å². The highest BCUT2D eigenvalue weighted by atomic mass is 32.1. The quantitative estimate of drug-likeness (QED) is 0.604. The fourth-order valence-electron chi connectivity index (χ4n) is 1.23. The number of urea groups is 2. The molecule has 8 nitrogen and oxygen atoms in total. The van der Waals surface area contributed by atoms with Gasteiger partial charge in [0.1, 0.15) is 5.00 Å². The number of carboxylic acid groups (broad SMARTS) is 1. The lowest BCUT2D eigenvalue weighted by Gasteiger charge is -2.12. The average Bonchev–Trinajstić information content (AvgIpc) is 2.82. The molecule has 0 atom stereocenters. The fourth-order valence-corrected chi connectivity index (χ4v) is 2.00. The number of rotatable bonds is 5. The topological polar surface area (TPSA) is 111 Å². The predicted molar refractivity (Wildman–Crippen MR) is 75.4 cm³/mol. The highest BCUT2D eigenvalue weighted by Gasteiger charge is 2.13. The van der Waals surface area contributed by atoms with Crippen LogP contribution in [0.5, 0.6) is 0 Å². The number of carbonyl (C=O) groups is 3. The number of hydrogen-bond donors (Lipinski definition) is 4. The molecule has 0 aliphatic heterocycles. The molecule has 4 amide bonds. The number of anilines is 1. The maximum atomic E-state index is 11.5. The molecule has 1 rings (SSSR count). The average molecular weight is 300 g/mol. The van der Waals surface area contributed by atoms with Crippen molar-refractivity contribution in [2.45, 2.75) is 0 Å². The predicted octanol–water partition coefficient (Wildman–Crippen LogP) is 0.839. The molecule has 0 unspecified atom stereocenters. The maximum Gasteiger partial charge on any atom is 0.338 e. The van der Waals surface area contributed by atoms with Crippen LogP contribution in [0.25, 0.3) is 0 Å². The summed E-state index contributed by atoms with van der Waals surface area (Å²) in [6, 6.07) is 0.646. The zero-order chi connectivity index (χ0) is 15.1. The number of aromatic carboxylic acids is 1. The van der Waals surface area contributed by atoms with Crippen LogP contribution < -0.4 is 16.0 Å². The van der Waals surface area contributed by atoms with Crippen molar-refractivity contribution in [3.05, 3.63) is 17.0 Å². The Balaban J connectivity index is 2.32. The van der Waals surface area contributed by atoms with Crippen LogP contribution in [0.1, 0.15) is 10.4 Å². The third-order valence-corrected chi connectivity index (χ3v) is 3.05. The first kappa shape index (κ1) is 15.8. The van der Waals surface area contributed by atoms with Gasteiger partial charge in [-0.15, -0.1) is 11.3 Å². The molecule has 9 heteroatoms. The Bertz CT molecular complexity index is 500. The normalized spacial score (nSPS) is 9.70. The van der Waals surface area contributed by atoms with E-state index in [1.165, 1.54) is 11.0 Å². The van der Waals surface area contributed by atoms with E-state index in [0.29, 0.717) is 0 Å². The summed E-state index contributed by atoms with van der Waals surface area (Å²) in [7, 11) is 3.22. The van der Waals surface area contributed by atoms with Gasteiger partial charge in [-0.05, 0) is 11.4 Å². The van der Waals surface area contributed by atoms with Gasteiger partial charge >= 0.3 is 18.0 Å². The molecule has 0 aliphatic rings. The van der Waals surface area contributed by atoms with E-state index in [-0.39, 0.29) is 29.7 Å². The van der Waals surface area contributed by atoms with E-state index in [0.717, 1.165) is 11.3 Å². The van der Waals surface area contributed by atoms with Crippen LogP contribution in [0.2, 0.25) is 0 Å². The third-order valence-electron chi connectivity index (χ3n) is 2.22. The molecule has 0 fully saturated rings. The van der Waals surface area contributed by atoms with Crippen LogP contribution >= 0.6 is 11.3 Å². The van der Waals surface area contributed by atoms with Crippen molar-refractivity contribution in [3.8, 4) is 0 Å². The molecule has 0 spiro atoms. The highest BCUT2D eigenvalue weighted by Crippen LogP contribution is 2.22. The second kappa shape index (κ2) is 7.34. The number of amides is 4. The molecule has 1 aromatic rings. The zero-order valence-electron chi connectivity index (χ0n) is 11.1. The van der Waals surface area contributed by atoms with Crippen LogP contribution in [-0.2, 0) is 0 Å². The Morgan fingerprint density at radius 3 is 2.50 bits per heavy atom. The second-order valence-electron chi connectivity index (χ2n) is 3.98. The Labute approximate surface area is 119 Å². The Morgan fingerprint density at radius 2 is 1.90 bits per heavy atom. The molecule has 0 bridgehead atoms. The van der Waals surface area contributed by atoms with Crippen molar-refractivity contribution in [3.63, 3.8) is 0 Å². The Hall–Kier alpha value is -2.29. The van der Waals surface area contributed by atoms with Gasteiger partial charge in [-0.2, -0.15) is 0 Å². The van der Waals surface area contributed by atoms with Gasteiger partial charge in [0, 0.05) is 27.2 Å². The summed E-state index contributed by atoms with van der Waals surface area (Å²) in [5.74, 6) is -1.10. The van der Waals surface area contributed by atoms with E-state index in [9.17, 15) is 14.4 Å². The fraction of sp³-hybridized carbons (Fsp3) is 0.364. The maximum absolute atomic E-state index is 11.5. The zero-order valence-corrected chi connectivity index (χ0v) is 11.9. The summed E-state index contributed by atoms with van der Waals surface area (Å²) >= 11 is 1.13. The minimum Gasteiger partial charge on any atom is -0.478 e. The summed E-state index contributed by atoms with van der Waals surface area (Å²) < 4.78 is 0. The van der Waals surface area contributed by atoms with Crippen LogP contribution in [0, 0.1) is 0 Å². The van der Waals surface area contributed by atoms with E-state index in [2.05, 4.69) is 16.0 Å². The van der Waals surface area contributed by atoms with Crippen molar-refractivity contribution in [1.82, 2.24) is 15.5 Å². The van der Waals surface area contributed by atoms with Crippen LogP contribution in [-0.4, -0.2) is 55.2 Å². The van der Waals surface area contributed by atoms with Gasteiger partial charge < -0.3 is 20.6 Å². The minimum atomic E-state index is -1.10. The van der Waals surface area contributed by atoms with E-state index in [1.54, 1.807) is 19.5 Å². The largest absolute Gasteiger partial charge is 0.478 e. The van der Waals surface area contributed by atoms with Crippen molar-refractivity contribution in [2.24, 2.45) is 0 Å². The summed E-state index contributed by atoms with van der Waals surface area (Å²) in [6.07, 6.45) is 0. The molecular formula is C11H16N4O4S. The number of nitrogens with zero attached hydrogens (tertiary/aromatic N) is 1. The lowest BCUT2D eigenvalue weighted by Crippen LogP contribution is -2.40. The van der Waals surface area contributed by atoms with Gasteiger partial charge in [0.15, 0.2) is 0 Å². The highest BCUT2D eigenvalue weighted by molar-refractivity contribution is 7.14. The summed E-state index contributed by atoms with van der Waals surface area (Å²) in [6.45, 7) is 0.514. The van der Waals surface area contributed by atoms with Crippen molar-refractivity contribution in [2.75, 3.05) is 32.5 Å². The van der Waals surface area contributed by atoms with E-state index >= 15 is 0 Å². The van der Waals surface area contributed by atoms with E-state index in [4.69, 9.17) is 5.11 Å². The monoisotopic (exact) mass is 300 g/mol. The smallest absolute Gasteiger partial charge is 0.338 e. The van der Waals surface area contributed by atoms with Crippen LogP contribution in [0.15, 0.2) is 11.4 Å². The lowest BCUT2D eigenvalue weighted by atomic mass is 10.3. The summed E-state index contributed by atoms with van der Waals surface area (Å²) in [5.41, 5.74) is 0.0473. The number of hydrogen-bond acceptors (Lipinski definition) is 4. The molecule has 0 radical (unpaired) electrons. The molecule has 110 valence electrons. The molecule has 0 saturated heterocycles. The molecule has 1 aromatic heterocycles. The Kier molecular flexibility index (Phi) is 5.78. The SMILES string of the molecule is CN(C)C(=O)NCCNC(=O)Nc1sccc1C(=O)O. The number of thiophene rings is 1. The van der Waals surface area contributed by atoms with Gasteiger partial charge in [-0.1, -0.05) is 0 Å². The van der Waals surface area contributed by atoms with E-state index < -0.39 is 12.0 Å². The van der Waals surface area contributed by atoms with Gasteiger partial charge in [-0.3, -0.25) is 5.32 Å². The molecule has 4 N–H and O–H groups in total. The summed E-state index contributed by atoms with van der Waals surface area (Å²) in [5, 5.41) is 18.3. The molecule has 1 heterocycles. The molecule has 0 aliphatic carbocycles. The van der Waals surface area contributed by atoms with Crippen LogP contribution in [0.3, 0.4) is 0 Å². The molecular weight excluding hydrogens is 284 g/mol. The molecule has 0 aromatic carbocycles. The second-order valence-corrected chi connectivity index (χ2v) is 4.89.